The molecule has 0 radical (unpaired) electrons. The molecule has 0 heterocycles. The number of benzene rings is 1. The fourth-order valence-corrected chi connectivity index (χ4v) is 3.11. The maximum atomic E-state index is 6.07. The largest absolute Gasteiger partial charge is 0.491 e. The summed E-state index contributed by atoms with van der Waals surface area (Å²) < 4.78 is 5.63. The number of nitrogen functional groups attached to an aromatic ring is 1. The molecule has 0 amide bonds. The Bertz CT molecular complexity index is 427. The van der Waals surface area contributed by atoms with Crippen molar-refractivity contribution in [3.05, 3.63) is 23.8 Å². The molecule has 2 N–H and O–H groups in total. The van der Waals surface area contributed by atoms with Crippen LogP contribution in [0.2, 0.25) is 0 Å². The van der Waals surface area contributed by atoms with Crippen molar-refractivity contribution in [1.29, 1.82) is 0 Å². The SMILES string of the molecule is CCCOc1ccc(CCN(C)C2CCCCC2)cc1N. The third-order valence-electron chi connectivity index (χ3n) is 4.49. The topological polar surface area (TPSA) is 38.5 Å². The van der Waals surface area contributed by atoms with Gasteiger partial charge in [0.05, 0.1) is 12.3 Å². The van der Waals surface area contributed by atoms with Crippen LogP contribution < -0.4 is 10.5 Å². The Balaban J connectivity index is 1.83. The molecule has 21 heavy (non-hydrogen) atoms. The maximum Gasteiger partial charge on any atom is 0.142 e. The van der Waals surface area contributed by atoms with Crippen LogP contribution in [0.5, 0.6) is 5.75 Å². The van der Waals surface area contributed by atoms with Gasteiger partial charge in [0, 0.05) is 12.6 Å². The first kappa shape index (κ1) is 16.2. The number of ether oxygens (including phenoxy) is 1. The van der Waals surface area contributed by atoms with E-state index in [0.29, 0.717) is 0 Å². The van der Waals surface area contributed by atoms with E-state index in [0.717, 1.165) is 43.5 Å². The van der Waals surface area contributed by atoms with Gasteiger partial charge in [-0.1, -0.05) is 32.3 Å². The highest BCUT2D eigenvalue weighted by Crippen LogP contribution is 2.24. The van der Waals surface area contributed by atoms with Gasteiger partial charge in [-0.25, -0.2) is 0 Å². The Morgan fingerprint density at radius 2 is 2.00 bits per heavy atom. The fraction of sp³-hybridized carbons (Fsp3) is 0.667. The second-order valence-corrected chi connectivity index (χ2v) is 6.24. The number of likely N-dealkylation sites (N-methyl/N-ethyl adjacent to an activating group) is 1. The molecule has 118 valence electrons. The first-order valence-corrected chi connectivity index (χ1v) is 8.42. The van der Waals surface area contributed by atoms with Crippen molar-refractivity contribution >= 4 is 5.69 Å². The second kappa shape index (κ2) is 8.28. The Hall–Kier alpha value is -1.22. The summed E-state index contributed by atoms with van der Waals surface area (Å²) in [4.78, 5) is 2.52. The summed E-state index contributed by atoms with van der Waals surface area (Å²) in [6, 6.07) is 7.01. The van der Waals surface area contributed by atoms with Gasteiger partial charge in [0.2, 0.25) is 0 Å². The van der Waals surface area contributed by atoms with Crippen LogP contribution >= 0.6 is 0 Å². The molecule has 0 aliphatic heterocycles. The molecular weight excluding hydrogens is 260 g/mol. The van der Waals surface area contributed by atoms with Crippen LogP contribution in [0.1, 0.15) is 51.0 Å². The van der Waals surface area contributed by atoms with E-state index in [9.17, 15) is 0 Å². The lowest BCUT2D eigenvalue weighted by molar-refractivity contribution is 0.194. The molecule has 0 bridgehead atoms. The van der Waals surface area contributed by atoms with E-state index in [1.807, 2.05) is 6.07 Å². The van der Waals surface area contributed by atoms with Crippen LogP contribution in [-0.2, 0) is 6.42 Å². The summed E-state index contributed by atoms with van der Waals surface area (Å²) in [6.07, 6.45) is 9.00. The molecule has 1 saturated carbocycles. The van der Waals surface area contributed by atoms with Crippen molar-refractivity contribution in [2.45, 2.75) is 57.9 Å². The number of hydrogen-bond donors (Lipinski definition) is 1. The lowest BCUT2D eigenvalue weighted by atomic mass is 9.94. The lowest BCUT2D eigenvalue weighted by Crippen LogP contribution is -2.34. The van der Waals surface area contributed by atoms with Crippen molar-refractivity contribution < 1.29 is 4.74 Å². The molecule has 0 unspecified atom stereocenters. The van der Waals surface area contributed by atoms with Gasteiger partial charge in [-0.2, -0.15) is 0 Å². The average Bonchev–Trinajstić information content (AvgIpc) is 2.52. The first-order chi connectivity index (χ1) is 10.2. The monoisotopic (exact) mass is 290 g/mol. The predicted octanol–water partition coefficient (Wildman–Crippen LogP) is 3.86. The predicted molar refractivity (Wildman–Crippen MR) is 89.8 cm³/mol. The van der Waals surface area contributed by atoms with E-state index in [2.05, 4.69) is 31.0 Å². The molecule has 2 rings (SSSR count). The summed E-state index contributed by atoms with van der Waals surface area (Å²) in [5, 5.41) is 0. The number of nitrogens with zero attached hydrogens (tertiary/aromatic N) is 1. The van der Waals surface area contributed by atoms with Crippen LogP contribution in [0.3, 0.4) is 0 Å². The van der Waals surface area contributed by atoms with E-state index >= 15 is 0 Å². The van der Waals surface area contributed by atoms with Crippen molar-refractivity contribution in [2.75, 3.05) is 25.9 Å². The van der Waals surface area contributed by atoms with Gasteiger partial charge < -0.3 is 15.4 Å². The minimum absolute atomic E-state index is 0.730. The highest BCUT2D eigenvalue weighted by Gasteiger charge is 2.17. The molecule has 1 aromatic carbocycles. The second-order valence-electron chi connectivity index (χ2n) is 6.24. The van der Waals surface area contributed by atoms with E-state index < -0.39 is 0 Å². The third kappa shape index (κ3) is 4.92. The Kier molecular flexibility index (Phi) is 6.37. The average molecular weight is 290 g/mol. The Morgan fingerprint density at radius 1 is 1.24 bits per heavy atom. The standard InChI is InChI=1S/C18H30N2O/c1-3-13-21-18-10-9-15(14-17(18)19)11-12-20(2)16-7-5-4-6-8-16/h9-10,14,16H,3-8,11-13,19H2,1-2H3. The molecule has 0 atom stereocenters. The summed E-state index contributed by atoms with van der Waals surface area (Å²) in [5.41, 5.74) is 8.14. The van der Waals surface area contributed by atoms with Crippen LogP contribution in [0.4, 0.5) is 5.69 Å². The quantitative estimate of drug-likeness (QED) is 0.775. The van der Waals surface area contributed by atoms with Gasteiger partial charge in [-0.3, -0.25) is 0 Å². The molecule has 1 aromatic rings. The van der Waals surface area contributed by atoms with Gasteiger partial charge in [0.15, 0.2) is 0 Å². The minimum Gasteiger partial charge on any atom is -0.491 e. The number of anilines is 1. The number of hydrogen-bond acceptors (Lipinski definition) is 3. The molecular formula is C18H30N2O. The molecule has 0 aromatic heterocycles. The van der Waals surface area contributed by atoms with Crippen LogP contribution in [-0.4, -0.2) is 31.1 Å². The molecule has 0 saturated heterocycles. The highest BCUT2D eigenvalue weighted by atomic mass is 16.5. The highest BCUT2D eigenvalue weighted by molar-refractivity contribution is 5.54. The van der Waals surface area contributed by atoms with E-state index in [-0.39, 0.29) is 0 Å². The van der Waals surface area contributed by atoms with E-state index in [1.165, 1.54) is 37.7 Å². The van der Waals surface area contributed by atoms with E-state index in [1.54, 1.807) is 0 Å². The van der Waals surface area contributed by atoms with Gasteiger partial charge in [0.1, 0.15) is 5.75 Å². The Morgan fingerprint density at radius 3 is 2.67 bits per heavy atom. The zero-order valence-electron chi connectivity index (χ0n) is 13.6. The molecule has 1 aliphatic carbocycles. The fourth-order valence-electron chi connectivity index (χ4n) is 3.11. The van der Waals surface area contributed by atoms with Gasteiger partial charge in [-0.05, 0) is 50.4 Å². The smallest absolute Gasteiger partial charge is 0.142 e. The van der Waals surface area contributed by atoms with Crippen molar-refractivity contribution in [2.24, 2.45) is 0 Å². The molecule has 0 spiro atoms. The summed E-state index contributed by atoms with van der Waals surface area (Å²) in [6.45, 7) is 3.94. The minimum atomic E-state index is 0.730. The zero-order chi connectivity index (χ0) is 15.1. The van der Waals surface area contributed by atoms with Gasteiger partial charge >= 0.3 is 0 Å². The molecule has 3 nitrogen and oxygen atoms in total. The number of rotatable bonds is 7. The zero-order valence-corrected chi connectivity index (χ0v) is 13.6. The molecule has 1 aliphatic rings. The van der Waals surface area contributed by atoms with Gasteiger partial charge in [-0.15, -0.1) is 0 Å². The third-order valence-corrected chi connectivity index (χ3v) is 4.49. The Labute approximate surface area is 129 Å². The maximum absolute atomic E-state index is 6.07. The first-order valence-electron chi connectivity index (χ1n) is 8.42. The van der Waals surface area contributed by atoms with E-state index in [4.69, 9.17) is 10.5 Å². The molecule has 3 heteroatoms. The summed E-state index contributed by atoms with van der Waals surface area (Å²) in [5.74, 6) is 0.821. The van der Waals surface area contributed by atoms with Crippen LogP contribution in [0.25, 0.3) is 0 Å². The van der Waals surface area contributed by atoms with Crippen molar-refractivity contribution in [3.63, 3.8) is 0 Å². The lowest BCUT2D eigenvalue weighted by Gasteiger charge is -2.31. The summed E-state index contributed by atoms with van der Waals surface area (Å²) >= 11 is 0. The normalized spacial score (nSPS) is 16.3. The number of nitrogens with two attached hydrogens (primary N) is 1. The van der Waals surface area contributed by atoms with Crippen molar-refractivity contribution in [1.82, 2.24) is 4.90 Å². The molecule has 1 fully saturated rings. The van der Waals surface area contributed by atoms with Crippen molar-refractivity contribution in [3.8, 4) is 5.75 Å². The summed E-state index contributed by atoms with van der Waals surface area (Å²) in [7, 11) is 2.26. The van der Waals surface area contributed by atoms with Crippen LogP contribution in [0, 0.1) is 0 Å². The van der Waals surface area contributed by atoms with Crippen LogP contribution in [0.15, 0.2) is 18.2 Å². The van der Waals surface area contributed by atoms with Gasteiger partial charge in [0.25, 0.3) is 0 Å².